The van der Waals surface area contributed by atoms with Gasteiger partial charge in [0.05, 0.1) is 0 Å². The highest BCUT2D eigenvalue weighted by Crippen LogP contribution is 2.23. The highest BCUT2D eigenvalue weighted by molar-refractivity contribution is 7.99. The highest BCUT2D eigenvalue weighted by atomic mass is 35.5. The lowest BCUT2D eigenvalue weighted by Gasteiger charge is -2.31. The molecule has 4 nitrogen and oxygen atoms in total. The summed E-state index contributed by atoms with van der Waals surface area (Å²) in [6, 6.07) is 13.3. The van der Waals surface area contributed by atoms with Gasteiger partial charge in [-0.25, -0.2) is 4.39 Å². The van der Waals surface area contributed by atoms with Crippen LogP contribution in [0.25, 0.3) is 0 Å². The molecule has 0 heterocycles. The lowest BCUT2D eigenvalue weighted by molar-refractivity contribution is -0.140. The number of nitrogens with zero attached hydrogens (tertiary/aromatic N) is 1. The van der Waals surface area contributed by atoms with Gasteiger partial charge in [-0.2, -0.15) is 0 Å². The Morgan fingerprint density at radius 3 is 2.50 bits per heavy atom. The van der Waals surface area contributed by atoms with Crippen LogP contribution in [0, 0.1) is 5.82 Å². The number of halogens is 2. The Balaban J connectivity index is 1.65. The van der Waals surface area contributed by atoms with Crippen LogP contribution in [0.15, 0.2) is 53.4 Å². The van der Waals surface area contributed by atoms with E-state index in [2.05, 4.69) is 5.32 Å². The summed E-state index contributed by atoms with van der Waals surface area (Å²) in [5.41, 5.74) is 0.406. The predicted octanol–water partition coefficient (Wildman–Crippen LogP) is 5.83. The van der Waals surface area contributed by atoms with E-state index in [9.17, 15) is 14.0 Å². The Kier molecular flexibility index (Phi) is 9.42. The standard InChI is InChI=1S/C25H30ClFN2O2S/c1-18(25(31)28-21-8-3-2-4-9-21)29(17-19-7-5-6-10-23(19)27)24(30)15-16-32-22-13-11-20(26)12-14-22/h5-7,10-14,18,21H,2-4,8-9,15-17H2,1H3,(H,28,31)/t18-/m0/s1. The second-order valence-corrected chi connectivity index (χ2v) is 9.79. The highest BCUT2D eigenvalue weighted by Gasteiger charge is 2.28. The zero-order valence-corrected chi connectivity index (χ0v) is 19.9. The van der Waals surface area contributed by atoms with E-state index in [1.165, 1.54) is 17.4 Å². The summed E-state index contributed by atoms with van der Waals surface area (Å²) in [5.74, 6) is -0.153. The molecule has 1 atom stereocenters. The van der Waals surface area contributed by atoms with E-state index >= 15 is 0 Å². The molecular weight excluding hydrogens is 447 g/mol. The fourth-order valence-electron chi connectivity index (χ4n) is 3.89. The maximum absolute atomic E-state index is 14.3. The van der Waals surface area contributed by atoms with Crippen molar-refractivity contribution < 1.29 is 14.0 Å². The van der Waals surface area contributed by atoms with Gasteiger partial charge in [0.15, 0.2) is 0 Å². The molecule has 0 aromatic heterocycles. The summed E-state index contributed by atoms with van der Waals surface area (Å²) in [7, 11) is 0. The topological polar surface area (TPSA) is 49.4 Å². The van der Waals surface area contributed by atoms with Crippen molar-refractivity contribution in [2.45, 2.75) is 69.0 Å². The number of hydrogen-bond acceptors (Lipinski definition) is 3. The maximum Gasteiger partial charge on any atom is 0.242 e. The largest absolute Gasteiger partial charge is 0.352 e. The third-order valence-electron chi connectivity index (χ3n) is 5.82. The molecule has 1 N–H and O–H groups in total. The van der Waals surface area contributed by atoms with Gasteiger partial charge in [0.25, 0.3) is 0 Å². The molecule has 2 aromatic rings. The molecule has 0 bridgehead atoms. The molecule has 1 aliphatic carbocycles. The lowest BCUT2D eigenvalue weighted by atomic mass is 9.95. The number of carbonyl (C=O) groups is 2. The Bertz CT molecular complexity index is 903. The van der Waals surface area contributed by atoms with Crippen LogP contribution in [0.1, 0.15) is 51.0 Å². The van der Waals surface area contributed by atoms with Crippen LogP contribution >= 0.6 is 23.4 Å². The number of thioether (sulfide) groups is 1. The third-order valence-corrected chi connectivity index (χ3v) is 7.08. The van der Waals surface area contributed by atoms with Crippen LogP contribution in [0.5, 0.6) is 0 Å². The number of amides is 2. The van der Waals surface area contributed by atoms with Crippen molar-refractivity contribution in [1.29, 1.82) is 0 Å². The van der Waals surface area contributed by atoms with Crippen LogP contribution in [-0.2, 0) is 16.1 Å². The number of hydrogen-bond donors (Lipinski definition) is 1. The van der Waals surface area contributed by atoms with E-state index in [-0.39, 0.29) is 36.6 Å². The fourth-order valence-corrected chi connectivity index (χ4v) is 4.86. The maximum atomic E-state index is 14.3. The van der Waals surface area contributed by atoms with Crippen LogP contribution < -0.4 is 5.32 Å². The molecule has 0 spiro atoms. The summed E-state index contributed by atoms with van der Waals surface area (Å²) < 4.78 is 14.3. The van der Waals surface area contributed by atoms with E-state index in [1.54, 1.807) is 36.9 Å². The SMILES string of the molecule is C[C@@H](C(=O)NC1CCCCC1)N(Cc1ccccc1F)C(=O)CCSc1ccc(Cl)cc1. The zero-order chi connectivity index (χ0) is 22.9. The van der Waals surface area contributed by atoms with Gasteiger partial charge in [-0.3, -0.25) is 9.59 Å². The fraction of sp³-hybridized carbons (Fsp3) is 0.440. The van der Waals surface area contributed by atoms with Crippen molar-refractivity contribution in [2.24, 2.45) is 0 Å². The van der Waals surface area contributed by atoms with E-state index in [0.717, 1.165) is 30.6 Å². The Hall–Kier alpha value is -2.05. The summed E-state index contributed by atoms with van der Waals surface area (Å²) in [5, 5.41) is 3.76. The first-order valence-corrected chi connectivity index (χ1v) is 12.5. The molecule has 0 unspecified atom stereocenters. The van der Waals surface area contributed by atoms with Crippen molar-refractivity contribution in [2.75, 3.05) is 5.75 Å². The molecule has 2 amide bonds. The molecule has 1 aliphatic rings. The number of carbonyl (C=O) groups excluding carboxylic acids is 2. The first-order chi connectivity index (χ1) is 15.4. The molecule has 32 heavy (non-hydrogen) atoms. The molecule has 1 fully saturated rings. The number of nitrogens with one attached hydrogen (secondary N) is 1. The van der Waals surface area contributed by atoms with Crippen molar-refractivity contribution in [3.63, 3.8) is 0 Å². The lowest BCUT2D eigenvalue weighted by Crippen LogP contribution is -2.50. The molecule has 2 aromatic carbocycles. The Labute approximate surface area is 198 Å². The summed E-state index contributed by atoms with van der Waals surface area (Å²) >= 11 is 7.48. The minimum Gasteiger partial charge on any atom is -0.352 e. The summed E-state index contributed by atoms with van der Waals surface area (Å²) in [6.07, 6.45) is 5.61. The average molecular weight is 477 g/mol. The van der Waals surface area contributed by atoms with Gasteiger partial charge >= 0.3 is 0 Å². The van der Waals surface area contributed by atoms with Crippen molar-refractivity contribution in [3.05, 3.63) is 64.9 Å². The quantitative estimate of drug-likeness (QED) is 0.463. The molecule has 0 saturated heterocycles. The Morgan fingerprint density at radius 1 is 1.12 bits per heavy atom. The third kappa shape index (κ3) is 7.24. The van der Waals surface area contributed by atoms with Gasteiger partial charge in [-0.1, -0.05) is 49.1 Å². The van der Waals surface area contributed by atoms with Crippen LogP contribution in [-0.4, -0.2) is 34.6 Å². The molecular formula is C25H30ClFN2O2S. The van der Waals surface area contributed by atoms with Gasteiger partial charge < -0.3 is 10.2 Å². The van der Waals surface area contributed by atoms with Crippen molar-refractivity contribution >= 4 is 35.2 Å². The average Bonchev–Trinajstić information content (AvgIpc) is 2.80. The smallest absolute Gasteiger partial charge is 0.242 e. The minimum absolute atomic E-state index is 0.0658. The van der Waals surface area contributed by atoms with Gasteiger partial charge in [-0.15, -0.1) is 11.8 Å². The van der Waals surface area contributed by atoms with Gasteiger partial charge in [0.1, 0.15) is 11.9 Å². The van der Waals surface area contributed by atoms with Gasteiger partial charge in [-0.05, 0) is 50.1 Å². The second kappa shape index (κ2) is 12.3. The molecule has 7 heteroatoms. The zero-order valence-electron chi connectivity index (χ0n) is 18.4. The first-order valence-electron chi connectivity index (χ1n) is 11.2. The van der Waals surface area contributed by atoms with E-state index in [4.69, 9.17) is 11.6 Å². The molecule has 0 radical (unpaired) electrons. The molecule has 172 valence electrons. The van der Waals surface area contributed by atoms with E-state index in [0.29, 0.717) is 16.3 Å². The second-order valence-electron chi connectivity index (χ2n) is 8.18. The molecule has 3 rings (SSSR count). The van der Waals surface area contributed by atoms with E-state index < -0.39 is 6.04 Å². The van der Waals surface area contributed by atoms with Gasteiger partial charge in [0, 0.05) is 40.2 Å². The van der Waals surface area contributed by atoms with Crippen LogP contribution in [0.3, 0.4) is 0 Å². The predicted molar refractivity (Wildman–Crippen MR) is 128 cm³/mol. The van der Waals surface area contributed by atoms with Crippen LogP contribution in [0.4, 0.5) is 4.39 Å². The Morgan fingerprint density at radius 2 is 1.81 bits per heavy atom. The van der Waals surface area contributed by atoms with Crippen LogP contribution in [0.2, 0.25) is 5.02 Å². The van der Waals surface area contributed by atoms with Crippen molar-refractivity contribution in [3.8, 4) is 0 Å². The summed E-state index contributed by atoms with van der Waals surface area (Å²) in [4.78, 5) is 28.6. The monoisotopic (exact) mass is 476 g/mol. The van der Waals surface area contributed by atoms with Crippen molar-refractivity contribution in [1.82, 2.24) is 10.2 Å². The molecule has 1 saturated carbocycles. The first kappa shape index (κ1) is 24.6. The molecule has 0 aliphatic heterocycles. The van der Waals surface area contributed by atoms with E-state index in [1.807, 2.05) is 24.3 Å². The number of rotatable bonds is 9. The number of benzene rings is 2. The summed E-state index contributed by atoms with van der Waals surface area (Å²) in [6.45, 7) is 1.79. The van der Waals surface area contributed by atoms with Gasteiger partial charge in [0.2, 0.25) is 11.8 Å². The minimum atomic E-state index is -0.676. The normalized spacial score (nSPS) is 15.2.